The maximum absolute atomic E-state index is 5.62. The van der Waals surface area contributed by atoms with Gasteiger partial charge in [-0.2, -0.15) is 0 Å². The van der Waals surface area contributed by atoms with Crippen LogP contribution < -0.4 is 5.73 Å². The maximum Gasteiger partial charge on any atom is 0.142 e. The Kier molecular flexibility index (Phi) is 4.72. The molecule has 1 rings (SSSR count). The normalized spacial score (nSPS) is 13.0. The van der Waals surface area contributed by atoms with Gasteiger partial charge in [-0.05, 0) is 12.0 Å². The largest absolute Gasteiger partial charge is 0.391 e. The van der Waals surface area contributed by atoms with E-state index in [2.05, 4.69) is 5.16 Å². The summed E-state index contributed by atoms with van der Waals surface area (Å²) in [4.78, 5) is 5.08. The van der Waals surface area contributed by atoms with E-state index in [1.165, 1.54) is 0 Å². The predicted molar refractivity (Wildman–Crippen MR) is 58.0 cm³/mol. The number of oxime groups is 1. The van der Waals surface area contributed by atoms with Crippen molar-refractivity contribution in [1.82, 2.24) is 0 Å². The summed E-state index contributed by atoms with van der Waals surface area (Å²) in [7, 11) is 0. The second-order valence-corrected chi connectivity index (χ2v) is 3.09. The third kappa shape index (κ3) is 4.05. The molecular formula is C11H16N2O. The highest BCUT2D eigenvalue weighted by Gasteiger charge is 1.92. The Morgan fingerprint density at radius 3 is 2.79 bits per heavy atom. The highest BCUT2D eigenvalue weighted by molar-refractivity contribution is 5.62. The van der Waals surface area contributed by atoms with Crippen LogP contribution in [0, 0.1) is 0 Å². The molecule has 3 heteroatoms. The average molecular weight is 192 g/mol. The van der Waals surface area contributed by atoms with Gasteiger partial charge >= 0.3 is 0 Å². The SMILES string of the molecule is CCC(N)C=NOCc1ccccc1. The summed E-state index contributed by atoms with van der Waals surface area (Å²) in [5.41, 5.74) is 6.73. The van der Waals surface area contributed by atoms with Gasteiger partial charge in [-0.3, -0.25) is 0 Å². The Labute approximate surface area is 84.6 Å². The van der Waals surface area contributed by atoms with Crippen LogP contribution in [0.3, 0.4) is 0 Å². The van der Waals surface area contributed by atoms with Crippen LogP contribution in [0.4, 0.5) is 0 Å². The van der Waals surface area contributed by atoms with E-state index in [0.29, 0.717) is 6.61 Å². The smallest absolute Gasteiger partial charge is 0.142 e. The maximum atomic E-state index is 5.62. The van der Waals surface area contributed by atoms with E-state index >= 15 is 0 Å². The zero-order valence-electron chi connectivity index (χ0n) is 8.39. The summed E-state index contributed by atoms with van der Waals surface area (Å²) in [6, 6.07) is 9.90. The highest BCUT2D eigenvalue weighted by atomic mass is 16.6. The molecule has 0 heterocycles. The fraction of sp³-hybridized carbons (Fsp3) is 0.364. The average Bonchev–Trinajstić information content (AvgIpc) is 2.25. The third-order valence-corrected chi connectivity index (χ3v) is 1.87. The fourth-order valence-electron chi connectivity index (χ4n) is 0.913. The van der Waals surface area contributed by atoms with Gasteiger partial charge in [0.05, 0.1) is 6.21 Å². The van der Waals surface area contributed by atoms with Gasteiger partial charge in [0.25, 0.3) is 0 Å². The first kappa shape index (κ1) is 10.7. The van der Waals surface area contributed by atoms with Gasteiger partial charge in [-0.25, -0.2) is 0 Å². The first-order valence-corrected chi connectivity index (χ1v) is 4.78. The van der Waals surface area contributed by atoms with Gasteiger partial charge in [0.2, 0.25) is 0 Å². The molecule has 0 amide bonds. The molecule has 0 fully saturated rings. The Balaban J connectivity index is 2.25. The van der Waals surface area contributed by atoms with Crippen molar-refractivity contribution in [3.63, 3.8) is 0 Å². The van der Waals surface area contributed by atoms with E-state index in [-0.39, 0.29) is 6.04 Å². The number of benzene rings is 1. The molecule has 0 saturated carbocycles. The van der Waals surface area contributed by atoms with Crippen molar-refractivity contribution in [2.24, 2.45) is 10.9 Å². The third-order valence-electron chi connectivity index (χ3n) is 1.87. The number of nitrogens with two attached hydrogens (primary N) is 1. The molecule has 1 atom stereocenters. The van der Waals surface area contributed by atoms with Crippen LogP contribution in [0.1, 0.15) is 18.9 Å². The van der Waals surface area contributed by atoms with E-state index in [1.54, 1.807) is 6.21 Å². The summed E-state index contributed by atoms with van der Waals surface area (Å²) < 4.78 is 0. The molecular weight excluding hydrogens is 176 g/mol. The van der Waals surface area contributed by atoms with Crippen LogP contribution in [-0.4, -0.2) is 12.3 Å². The fourth-order valence-corrected chi connectivity index (χ4v) is 0.913. The van der Waals surface area contributed by atoms with Crippen LogP contribution >= 0.6 is 0 Å². The first-order valence-electron chi connectivity index (χ1n) is 4.78. The van der Waals surface area contributed by atoms with E-state index in [1.807, 2.05) is 37.3 Å². The molecule has 1 aromatic rings. The van der Waals surface area contributed by atoms with E-state index in [0.717, 1.165) is 12.0 Å². The second kappa shape index (κ2) is 6.16. The molecule has 0 aliphatic heterocycles. The molecule has 0 saturated heterocycles. The molecule has 0 aromatic heterocycles. The lowest BCUT2D eigenvalue weighted by molar-refractivity contribution is 0.131. The molecule has 76 valence electrons. The van der Waals surface area contributed by atoms with Gasteiger partial charge in [0.15, 0.2) is 0 Å². The summed E-state index contributed by atoms with van der Waals surface area (Å²) in [6.07, 6.45) is 2.50. The molecule has 0 radical (unpaired) electrons. The monoisotopic (exact) mass is 192 g/mol. The minimum Gasteiger partial charge on any atom is -0.391 e. The molecule has 0 bridgehead atoms. The minimum atomic E-state index is -0.00854. The first-order chi connectivity index (χ1) is 6.83. The molecule has 2 N–H and O–H groups in total. The van der Waals surface area contributed by atoms with Crippen molar-refractivity contribution >= 4 is 6.21 Å². The Morgan fingerprint density at radius 1 is 1.43 bits per heavy atom. The van der Waals surface area contributed by atoms with Crippen molar-refractivity contribution in [1.29, 1.82) is 0 Å². The Hall–Kier alpha value is -1.35. The lowest BCUT2D eigenvalue weighted by atomic mass is 10.2. The molecule has 0 spiro atoms. The van der Waals surface area contributed by atoms with E-state index in [9.17, 15) is 0 Å². The van der Waals surface area contributed by atoms with Crippen molar-refractivity contribution in [3.05, 3.63) is 35.9 Å². The van der Waals surface area contributed by atoms with E-state index in [4.69, 9.17) is 10.6 Å². The topological polar surface area (TPSA) is 47.6 Å². The van der Waals surface area contributed by atoms with Crippen LogP contribution in [0.25, 0.3) is 0 Å². The van der Waals surface area contributed by atoms with Crippen molar-refractivity contribution in [2.75, 3.05) is 0 Å². The van der Waals surface area contributed by atoms with Gasteiger partial charge in [0, 0.05) is 6.04 Å². The summed E-state index contributed by atoms with van der Waals surface area (Å²) in [5, 5.41) is 3.79. The summed E-state index contributed by atoms with van der Waals surface area (Å²) in [5.74, 6) is 0. The molecule has 0 aliphatic rings. The van der Waals surface area contributed by atoms with Gasteiger partial charge < -0.3 is 10.6 Å². The number of hydrogen-bond acceptors (Lipinski definition) is 3. The Bertz CT molecular complexity index is 272. The van der Waals surface area contributed by atoms with Gasteiger partial charge in [-0.1, -0.05) is 42.4 Å². The minimum absolute atomic E-state index is 0.00854. The van der Waals surface area contributed by atoms with Gasteiger partial charge in [0.1, 0.15) is 6.61 Å². The highest BCUT2D eigenvalue weighted by Crippen LogP contribution is 2.00. The molecule has 1 aromatic carbocycles. The van der Waals surface area contributed by atoms with Crippen LogP contribution in [0.5, 0.6) is 0 Å². The van der Waals surface area contributed by atoms with Crippen molar-refractivity contribution in [2.45, 2.75) is 26.0 Å². The standard InChI is InChI=1S/C11H16N2O/c1-2-11(12)8-13-14-9-10-6-4-3-5-7-10/h3-8,11H,2,9,12H2,1H3. The number of hydrogen-bond donors (Lipinski definition) is 1. The molecule has 0 aliphatic carbocycles. The van der Waals surface area contributed by atoms with Crippen LogP contribution in [-0.2, 0) is 11.4 Å². The zero-order chi connectivity index (χ0) is 10.2. The van der Waals surface area contributed by atoms with Crippen LogP contribution in [0.2, 0.25) is 0 Å². The zero-order valence-corrected chi connectivity index (χ0v) is 8.39. The lowest BCUT2D eigenvalue weighted by Crippen LogP contribution is -2.19. The van der Waals surface area contributed by atoms with E-state index < -0.39 is 0 Å². The predicted octanol–water partition coefficient (Wildman–Crippen LogP) is 1.93. The van der Waals surface area contributed by atoms with Gasteiger partial charge in [-0.15, -0.1) is 0 Å². The Morgan fingerprint density at radius 2 is 2.14 bits per heavy atom. The summed E-state index contributed by atoms with van der Waals surface area (Å²) in [6.45, 7) is 2.50. The number of rotatable bonds is 5. The molecule has 3 nitrogen and oxygen atoms in total. The summed E-state index contributed by atoms with van der Waals surface area (Å²) >= 11 is 0. The van der Waals surface area contributed by atoms with Crippen molar-refractivity contribution < 1.29 is 4.84 Å². The quantitative estimate of drug-likeness (QED) is 0.572. The molecule has 1 unspecified atom stereocenters. The van der Waals surface area contributed by atoms with Crippen LogP contribution in [0.15, 0.2) is 35.5 Å². The molecule has 14 heavy (non-hydrogen) atoms. The number of nitrogens with zero attached hydrogens (tertiary/aromatic N) is 1. The lowest BCUT2D eigenvalue weighted by Gasteiger charge is -2.01. The van der Waals surface area contributed by atoms with Crippen molar-refractivity contribution in [3.8, 4) is 0 Å². The second-order valence-electron chi connectivity index (χ2n) is 3.09.